The molecule has 0 aliphatic rings. The predicted molar refractivity (Wildman–Crippen MR) is 70.2 cm³/mol. The average Bonchev–Trinajstić information content (AvgIpc) is 2.29. The van der Waals surface area contributed by atoms with Crippen LogP contribution in [0.2, 0.25) is 10.0 Å². The van der Waals surface area contributed by atoms with Crippen LogP contribution in [-0.4, -0.2) is 6.21 Å². The van der Waals surface area contributed by atoms with Gasteiger partial charge in [0.25, 0.3) is 0 Å². The van der Waals surface area contributed by atoms with Crippen LogP contribution in [0.3, 0.4) is 0 Å². The molecule has 0 spiro atoms. The maximum Gasteiger partial charge on any atom is 0.0817 e. The number of aliphatic imine (C=N–C) groups is 1. The van der Waals surface area contributed by atoms with Gasteiger partial charge >= 0.3 is 0 Å². The molecule has 0 aromatic heterocycles. The molecule has 0 saturated heterocycles. The highest BCUT2D eigenvalue weighted by Crippen LogP contribution is 2.27. The molecule has 0 radical (unpaired) electrons. The van der Waals surface area contributed by atoms with Gasteiger partial charge in [-0.25, -0.2) is 0 Å². The van der Waals surface area contributed by atoms with Crippen LogP contribution in [0.1, 0.15) is 5.56 Å². The molecule has 2 aromatic carbocycles. The second kappa shape index (κ2) is 5.15. The highest BCUT2D eigenvalue weighted by Gasteiger charge is 1.98. The molecule has 0 N–H and O–H groups in total. The van der Waals surface area contributed by atoms with Crippen LogP contribution in [0, 0.1) is 0 Å². The number of benzene rings is 2. The summed E-state index contributed by atoms with van der Waals surface area (Å²) in [6.45, 7) is 0. The molecular formula is C13H9Cl2N. The summed E-state index contributed by atoms with van der Waals surface area (Å²) in [6.07, 6.45) is 1.77. The lowest BCUT2D eigenvalue weighted by molar-refractivity contribution is 1.52. The first kappa shape index (κ1) is 11.2. The van der Waals surface area contributed by atoms with Gasteiger partial charge in [0, 0.05) is 11.2 Å². The second-order valence-corrected chi connectivity index (χ2v) is 4.11. The van der Waals surface area contributed by atoms with Gasteiger partial charge in [0.15, 0.2) is 0 Å². The molecule has 0 unspecified atom stereocenters. The number of halogens is 2. The molecule has 2 aromatic rings. The van der Waals surface area contributed by atoms with Gasteiger partial charge in [-0.15, -0.1) is 0 Å². The van der Waals surface area contributed by atoms with E-state index in [-0.39, 0.29) is 0 Å². The molecule has 0 fully saturated rings. The van der Waals surface area contributed by atoms with Gasteiger partial charge in [-0.05, 0) is 23.8 Å². The summed E-state index contributed by atoms with van der Waals surface area (Å²) >= 11 is 11.8. The quantitative estimate of drug-likeness (QED) is 0.682. The van der Waals surface area contributed by atoms with Crippen LogP contribution in [-0.2, 0) is 0 Å². The Morgan fingerprint density at radius 1 is 0.938 bits per heavy atom. The summed E-state index contributed by atoms with van der Waals surface area (Å²) in [5.74, 6) is 0. The van der Waals surface area contributed by atoms with Crippen molar-refractivity contribution in [1.29, 1.82) is 0 Å². The van der Waals surface area contributed by atoms with Crippen molar-refractivity contribution >= 4 is 35.1 Å². The normalized spacial score (nSPS) is 10.9. The van der Waals surface area contributed by atoms with E-state index in [0.29, 0.717) is 10.0 Å². The third-order valence-corrected chi connectivity index (χ3v) is 2.60. The van der Waals surface area contributed by atoms with Crippen molar-refractivity contribution in [2.75, 3.05) is 0 Å². The summed E-state index contributed by atoms with van der Waals surface area (Å²) in [7, 11) is 0. The second-order valence-electron chi connectivity index (χ2n) is 3.26. The van der Waals surface area contributed by atoms with E-state index in [2.05, 4.69) is 4.99 Å². The summed E-state index contributed by atoms with van der Waals surface area (Å²) in [5, 5.41) is 1.17. The molecule has 0 aliphatic carbocycles. The van der Waals surface area contributed by atoms with Crippen LogP contribution in [0.15, 0.2) is 53.5 Å². The van der Waals surface area contributed by atoms with Crippen molar-refractivity contribution < 1.29 is 0 Å². The van der Waals surface area contributed by atoms with Gasteiger partial charge < -0.3 is 0 Å². The highest BCUT2D eigenvalue weighted by molar-refractivity contribution is 6.36. The standard InChI is InChI=1S/C13H9Cl2N/c14-11-6-7-13(12(15)8-11)16-9-10-4-2-1-3-5-10/h1-9H/b16-9+. The molecule has 0 amide bonds. The average molecular weight is 250 g/mol. The minimum Gasteiger partial charge on any atom is -0.255 e. The zero-order valence-electron chi connectivity index (χ0n) is 8.40. The molecule has 16 heavy (non-hydrogen) atoms. The van der Waals surface area contributed by atoms with E-state index in [9.17, 15) is 0 Å². The maximum absolute atomic E-state index is 6.00. The van der Waals surface area contributed by atoms with E-state index in [0.717, 1.165) is 11.3 Å². The van der Waals surface area contributed by atoms with E-state index < -0.39 is 0 Å². The lowest BCUT2D eigenvalue weighted by Gasteiger charge is -1.98. The molecule has 80 valence electrons. The largest absolute Gasteiger partial charge is 0.255 e. The molecule has 0 aliphatic heterocycles. The van der Waals surface area contributed by atoms with Crippen LogP contribution in [0.4, 0.5) is 5.69 Å². The van der Waals surface area contributed by atoms with Gasteiger partial charge in [0.05, 0.1) is 10.7 Å². The number of hydrogen-bond acceptors (Lipinski definition) is 1. The van der Waals surface area contributed by atoms with Gasteiger partial charge in [-0.2, -0.15) is 0 Å². The fourth-order valence-electron chi connectivity index (χ4n) is 1.27. The Hall–Kier alpha value is -1.31. The van der Waals surface area contributed by atoms with Crippen molar-refractivity contribution in [3.05, 3.63) is 64.1 Å². The van der Waals surface area contributed by atoms with Crippen LogP contribution < -0.4 is 0 Å². The Morgan fingerprint density at radius 3 is 2.38 bits per heavy atom. The van der Waals surface area contributed by atoms with E-state index in [1.54, 1.807) is 24.4 Å². The van der Waals surface area contributed by atoms with Gasteiger partial charge in [0.1, 0.15) is 0 Å². The molecule has 0 heterocycles. The summed E-state index contributed by atoms with van der Waals surface area (Å²) in [5.41, 5.74) is 1.75. The Bertz CT molecular complexity index is 507. The first-order valence-corrected chi connectivity index (χ1v) is 5.55. The lowest BCUT2D eigenvalue weighted by Crippen LogP contribution is -1.78. The molecule has 3 heteroatoms. The topological polar surface area (TPSA) is 12.4 Å². The van der Waals surface area contributed by atoms with E-state index in [4.69, 9.17) is 23.2 Å². The van der Waals surface area contributed by atoms with Gasteiger partial charge in [-0.1, -0.05) is 53.5 Å². The summed E-state index contributed by atoms with van der Waals surface area (Å²) in [6, 6.07) is 15.1. The van der Waals surface area contributed by atoms with E-state index in [1.165, 1.54) is 0 Å². The third-order valence-electron chi connectivity index (χ3n) is 2.06. The number of nitrogens with zero attached hydrogens (tertiary/aromatic N) is 1. The smallest absolute Gasteiger partial charge is 0.0817 e. The predicted octanol–water partition coefficient (Wildman–Crippen LogP) is 4.74. The molecule has 2 rings (SSSR count). The van der Waals surface area contributed by atoms with Gasteiger partial charge in [-0.3, -0.25) is 4.99 Å². The fraction of sp³-hybridized carbons (Fsp3) is 0. The molecule has 1 nitrogen and oxygen atoms in total. The first-order chi connectivity index (χ1) is 7.75. The van der Waals surface area contributed by atoms with Crippen LogP contribution in [0.5, 0.6) is 0 Å². The maximum atomic E-state index is 6.00. The van der Waals surface area contributed by atoms with Crippen molar-refractivity contribution in [3.8, 4) is 0 Å². The van der Waals surface area contributed by atoms with Crippen molar-refractivity contribution in [3.63, 3.8) is 0 Å². The van der Waals surface area contributed by atoms with Gasteiger partial charge in [0.2, 0.25) is 0 Å². The molecule has 0 saturated carbocycles. The van der Waals surface area contributed by atoms with E-state index >= 15 is 0 Å². The molecular weight excluding hydrogens is 241 g/mol. The minimum absolute atomic E-state index is 0.555. The zero-order chi connectivity index (χ0) is 11.4. The Labute approximate surface area is 104 Å². The lowest BCUT2D eigenvalue weighted by atomic mass is 10.2. The first-order valence-electron chi connectivity index (χ1n) is 4.80. The highest BCUT2D eigenvalue weighted by atomic mass is 35.5. The van der Waals surface area contributed by atoms with Crippen molar-refractivity contribution in [2.45, 2.75) is 0 Å². The van der Waals surface area contributed by atoms with Crippen molar-refractivity contribution in [2.24, 2.45) is 4.99 Å². The van der Waals surface area contributed by atoms with E-state index in [1.807, 2.05) is 30.3 Å². The summed E-state index contributed by atoms with van der Waals surface area (Å²) in [4.78, 5) is 4.30. The van der Waals surface area contributed by atoms with Crippen LogP contribution >= 0.6 is 23.2 Å². The minimum atomic E-state index is 0.555. The Morgan fingerprint density at radius 2 is 1.69 bits per heavy atom. The Kier molecular flexibility index (Phi) is 3.60. The monoisotopic (exact) mass is 249 g/mol. The van der Waals surface area contributed by atoms with Crippen LogP contribution in [0.25, 0.3) is 0 Å². The SMILES string of the molecule is Clc1ccc(/N=C/c2ccccc2)c(Cl)c1. The number of hydrogen-bond donors (Lipinski definition) is 0. The number of rotatable bonds is 2. The fourth-order valence-corrected chi connectivity index (χ4v) is 1.73. The third kappa shape index (κ3) is 2.84. The molecule has 0 atom stereocenters. The van der Waals surface area contributed by atoms with Crippen molar-refractivity contribution in [1.82, 2.24) is 0 Å². The zero-order valence-corrected chi connectivity index (χ0v) is 9.91. The molecule has 0 bridgehead atoms. The summed E-state index contributed by atoms with van der Waals surface area (Å²) < 4.78 is 0. The Balaban J connectivity index is 2.24.